The first-order chi connectivity index (χ1) is 7.81. The average Bonchev–Trinajstić information content (AvgIpc) is 2.87. The number of aryl methyl sites for hydroxylation is 1. The van der Waals surface area contributed by atoms with Gasteiger partial charge >= 0.3 is 0 Å². The van der Waals surface area contributed by atoms with Gasteiger partial charge in [-0.2, -0.15) is 0 Å². The Morgan fingerprint density at radius 2 is 2.38 bits per heavy atom. The van der Waals surface area contributed by atoms with Crippen molar-refractivity contribution in [2.45, 2.75) is 38.2 Å². The van der Waals surface area contributed by atoms with Crippen LogP contribution in [0.3, 0.4) is 0 Å². The lowest BCUT2D eigenvalue weighted by atomic mass is 10.0. The molecule has 2 heterocycles. The van der Waals surface area contributed by atoms with Gasteiger partial charge in [0.15, 0.2) is 0 Å². The summed E-state index contributed by atoms with van der Waals surface area (Å²) in [7, 11) is 1.98. The molecule has 0 amide bonds. The first kappa shape index (κ1) is 12.0. The minimum Gasteiger partial charge on any atom is -0.378 e. The predicted molar refractivity (Wildman–Crippen MR) is 64.9 cm³/mol. The van der Waals surface area contributed by atoms with Crippen molar-refractivity contribution >= 4 is 11.3 Å². The highest BCUT2D eigenvalue weighted by Crippen LogP contribution is 2.32. The number of nitrogens with one attached hydrogen (secondary N) is 1. The lowest BCUT2D eigenvalue weighted by Crippen LogP contribution is -2.08. The third-order valence-corrected chi connectivity index (χ3v) is 4.11. The van der Waals surface area contributed by atoms with Crippen LogP contribution in [0.15, 0.2) is 0 Å². The van der Waals surface area contributed by atoms with E-state index in [0.29, 0.717) is 12.0 Å². The molecule has 0 bridgehead atoms. The van der Waals surface area contributed by atoms with Gasteiger partial charge < -0.3 is 10.1 Å². The van der Waals surface area contributed by atoms with Crippen LogP contribution in [-0.2, 0) is 11.2 Å². The standard InChI is InChI=1S/C11H19N3OS/c1-8-9(5-7-15-8)11-14-13-10(16-11)4-3-6-12-2/h8-9,12H,3-7H2,1-2H3. The minimum atomic E-state index is 0.304. The largest absolute Gasteiger partial charge is 0.378 e. The number of hydrogen-bond donors (Lipinski definition) is 1. The van der Waals surface area contributed by atoms with Crippen molar-refractivity contribution < 1.29 is 4.74 Å². The van der Waals surface area contributed by atoms with Crippen LogP contribution in [0.4, 0.5) is 0 Å². The van der Waals surface area contributed by atoms with E-state index in [1.165, 1.54) is 0 Å². The summed E-state index contributed by atoms with van der Waals surface area (Å²) < 4.78 is 5.56. The molecule has 1 aromatic rings. The van der Waals surface area contributed by atoms with E-state index in [1.54, 1.807) is 11.3 Å². The maximum atomic E-state index is 5.56. The van der Waals surface area contributed by atoms with Gasteiger partial charge in [-0.25, -0.2) is 0 Å². The molecule has 0 aromatic carbocycles. The second kappa shape index (κ2) is 5.70. The second-order valence-electron chi connectivity index (χ2n) is 4.21. The minimum absolute atomic E-state index is 0.304. The molecule has 1 N–H and O–H groups in total. The molecule has 0 aliphatic carbocycles. The molecule has 16 heavy (non-hydrogen) atoms. The molecule has 1 fully saturated rings. The number of rotatable bonds is 5. The fourth-order valence-corrected chi connectivity index (χ4v) is 3.10. The van der Waals surface area contributed by atoms with Gasteiger partial charge in [-0.3, -0.25) is 0 Å². The van der Waals surface area contributed by atoms with Crippen molar-refractivity contribution in [2.75, 3.05) is 20.2 Å². The monoisotopic (exact) mass is 241 g/mol. The first-order valence-electron chi connectivity index (χ1n) is 5.89. The molecule has 90 valence electrons. The molecular weight excluding hydrogens is 222 g/mol. The highest BCUT2D eigenvalue weighted by atomic mass is 32.1. The van der Waals surface area contributed by atoms with Crippen molar-refractivity contribution in [3.8, 4) is 0 Å². The van der Waals surface area contributed by atoms with Crippen molar-refractivity contribution in [1.82, 2.24) is 15.5 Å². The molecule has 2 rings (SSSR count). The number of ether oxygens (including phenoxy) is 1. The number of hydrogen-bond acceptors (Lipinski definition) is 5. The lowest BCUT2D eigenvalue weighted by Gasteiger charge is -2.08. The van der Waals surface area contributed by atoms with Gasteiger partial charge in [-0.05, 0) is 33.4 Å². The maximum Gasteiger partial charge on any atom is 0.123 e. The fourth-order valence-electron chi connectivity index (χ4n) is 1.99. The Labute approximate surface area is 100 Å². The van der Waals surface area contributed by atoms with Gasteiger partial charge in [0.2, 0.25) is 0 Å². The van der Waals surface area contributed by atoms with E-state index in [-0.39, 0.29) is 0 Å². The number of aromatic nitrogens is 2. The van der Waals surface area contributed by atoms with Crippen LogP contribution in [0.2, 0.25) is 0 Å². The third kappa shape index (κ3) is 2.78. The van der Waals surface area contributed by atoms with Crippen LogP contribution in [0.5, 0.6) is 0 Å². The summed E-state index contributed by atoms with van der Waals surface area (Å²) in [5.41, 5.74) is 0. The quantitative estimate of drug-likeness (QED) is 0.795. The summed E-state index contributed by atoms with van der Waals surface area (Å²) in [6.07, 6.45) is 3.55. The van der Waals surface area contributed by atoms with E-state index < -0.39 is 0 Å². The normalized spacial score (nSPS) is 25.1. The summed E-state index contributed by atoms with van der Waals surface area (Å²) in [5, 5.41) is 14.0. The lowest BCUT2D eigenvalue weighted by molar-refractivity contribution is 0.118. The summed E-state index contributed by atoms with van der Waals surface area (Å²) in [6.45, 7) is 4.03. The van der Waals surface area contributed by atoms with Gasteiger partial charge in [-0.1, -0.05) is 0 Å². The third-order valence-electron chi connectivity index (χ3n) is 2.99. The van der Waals surface area contributed by atoms with E-state index in [9.17, 15) is 0 Å². The Balaban J connectivity index is 1.91. The molecule has 0 spiro atoms. The molecule has 0 saturated carbocycles. The highest BCUT2D eigenvalue weighted by Gasteiger charge is 2.28. The van der Waals surface area contributed by atoms with Crippen molar-refractivity contribution in [2.24, 2.45) is 0 Å². The van der Waals surface area contributed by atoms with Crippen LogP contribution in [0.25, 0.3) is 0 Å². The average molecular weight is 241 g/mol. The Morgan fingerprint density at radius 3 is 3.06 bits per heavy atom. The molecule has 4 nitrogen and oxygen atoms in total. The van der Waals surface area contributed by atoms with Crippen LogP contribution in [0, 0.1) is 0 Å². The zero-order valence-corrected chi connectivity index (χ0v) is 10.7. The molecular formula is C11H19N3OS. The van der Waals surface area contributed by atoms with Crippen molar-refractivity contribution in [3.63, 3.8) is 0 Å². The Bertz CT molecular complexity index is 329. The molecule has 1 aliphatic rings. The smallest absolute Gasteiger partial charge is 0.123 e. The molecule has 2 unspecified atom stereocenters. The van der Waals surface area contributed by atoms with Crippen LogP contribution < -0.4 is 5.32 Å². The summed E-state index contributed by atoms with van der Waals surface area (Å²) in [6, 6.07) is 0. The maximum absolute atomic E-state index is 5.56. The summed E-state index contributed by atoms with van der Waals surface area (Å²) in [4.78, 5) is 0. The topological polar surface area (TPSA) is 47.0 Å². The van der Waals surface area contributed by atoms with Gasteiger partial charge in [0.05, 0.1) is 6.10 Å². The van der Waals surface area contributed by atoms with E-state index in [2.05, 4.69) is 22.4 Å². The SMILES string of the molecule is CNCCCc1nnc(C2CCOC2C)s1. The molecule has 1 aliphatic heterocycles. The van der Waals surface area contributed by atoms with E-state index in [4.69, 9.17) is 4.74 Å². The van der Waals surface area contributed by atoms with E-state index in [1.807, 2.05) is 7.05 Å². The van der Waals surface area contributed by atoms with E-state index >= 15 is 0 Å². The number of nitrogens with zero attached hydrogens (tertiary/aromatic N) is 2. The van der Waals surface area contributed by atoms with Crippen LogP contribution >= 0.6 is 11.3 Å². The van der Waals surface area contributed by atoms with Crippen LogP contribution in [0.1, 0.15) is 35.7 Å². The van der Waals surface area contributed by atoms with Crippen LogP contribution in [-0.4, -0.2) is 36.5 Å². The Morgan fingerprint density at radius 1 is 1.50 bits per heavy atom. The van der Waals surface area contributed by atoms with Gasteiger partial charge in [0, 0.05) is 18.9 Å². The summed E-state index contributed by atoms with van der Waals surface area (Å²) >= 11 is 1.75. The molecule has 5 heteroatoms. The molecule has 2 atom stereocenters. The van der Waals surface area contributed by atoms with Crippen molar-refractivity contribution in [3.05, 3.63) is 10.0 Å². The fraction of sp³-hybridized carbons (Fsp3) is 0.818. The van der Waals surface area contributed by atoms with E-state index in [0.717, 1.165) is 42.4 Å². The Kier molecular flexibility index (Phi) is 4.26. The van der Waals surface area contributed by atoms with Gasteiger partial charge in [-0.15, -0.1) is 21.5 Å². The molecule has 1 saturated heterocycles. The zero-order chi connectivity index (χ0) is 11.4. The predicted octanol–water partition coefficient (Wildman–Crippen LogP) is 1.58. The second-order valence-corrected chi connectivity index (χ2v) is 5.31. The molecule has 1 aromatic heterocycles. The molecule has 0 radical (unpaired) electrons. The van der Waals surface area contributed by atoms with Crippen molar-refractivity contribution in [1.29, 1.82) is 0 Å². The summed E-state index contributed by atoms with van der Waals surface area (Å²) in [5.74, 6) is 0.468. The van der Waals surface area contributed by atoms with Gasteiger partial charge in [0.25, 0.3) is 0 Å². The zero-order valence-electron chi connectivity index (χ0n) is 9.90. The Hall–Kier alpha value is -0.520. The first-order valence-corrected chi connectivity index (χ1v) is 6.71. The van der Waals surface area contributed by atoms with Gasteiger partial charge in [0.1, 0.15) is 10.0 Å². The highest BCUT2D eigenvalue weighted by molar-refractivity contribution is 7.11.